The van der Waals surface area contributed by atoms with Crippen molar-refractivity contribution in [1.29, 1.82) is 0 Å². The Bertz CT molecular complexity index is 1140. The number of hydrogen-bond donors (Lipinski definition) is 2. The van der Waals surface area contributed by atoms with Crippen LogP contribution in [0.3, 0.4) is 0 Å². The Hall–Kier alpha value is -3.51. The van der Waals surface area contributed by atoms with E-state index in [1.54, 1.807) is 38.3 Å². The highest BCUT2D eigenvalue weighted by atomic mass is 32.2. The Kier molecular flexibility index (Phi) is 9.72. The molecule has 2 rings (SSSR count). The third-order valence-electron chi connectivity index (χ3n) is 5.11. The van der Waals surface area contributed by atoms with Gasteiger partial charge >= 0.3 is 0 Å². The van der Waals surface area contributed by atoms with Gasteiger partial charge in [-0.1, -0.05) is 31.2 Å². The highest BCUT2D eigenvalue weighted by molar-refractivity contribution is 7.89. The van der Waals surface area contributed by atoms with Crippen LogP contribution in [0.1, 0.15) is 20.3 Å². The molecule has 10 nitrogen and oxygen atoms in total. The molecule has 0 spiro atoms. The van der Waals surface area contributed by atoms with Crippen LogP contribution in [0, 0.1) is 0 Å². The minimum atomic E-state index is -4.12. The highest BCUT2D eigenvalue weighted by Crippen LogP contribution is 2.26. The molecule has 0 unspecified atom stereocenters. The lowest BCUT2D eigenvalue weighted by Gasteiger charge is -2.29. The van der Waals surface area contributed by atoms with Crippen LogP contribution in [0.25, 0.3) is 11.1 Å². The first kappa shape index (κ1) is 27.7. The minimum Gasteiger partial charge on any atom is -0.497 e. The van der Waals surface area contributed by atoms with E-state index in [0.717, 1.165) is 15.4 Å². The van der Waals surface area contributed by atoms with Crippen LogP contribution < -0.4 is 15.9 Å². The molecule has 0 aliphatic rings. The van der Waals surface area contributed by atoms with Crippen molar-refractivity contribution in [3.63, 3.8) is 0 Å². The van der Waals surface area contributed by atoms with E-state index >= 15 is 0 Å². The summed E-state index contributed by atoms with van der Waals surface area (Å²) in [6, 6.07) is 12.2. The van der Waals surface area contributed by atoms with Crippen molar-refractivity contribution in [2.45, 2.75) is 31.2 Å². The first-order valence-corrected chi connectivity index (χ1v) is 12.2. The number of amides is 3. The summed E-state index contributed by atoms with van der Waals surface area (Å²) in [4.78, 5) is 35.6. The zero-order valence-electron chi connectivity index (χ0n) is 19.7. The van der Waals surface area contributed by atoms with Gasteiger partial charge in [0.2, 0.25) is 15.9 Å². The van der Waals surface area contributed by atoms with Gasteiger partial charge in [-0.05, 0) is 48.7 Å². The minimum absolute atomic E-state index is 0.00400. The number of nitrogens with two attached hydrogens (primary N) is 1. The maximum Gasteiger partial charge on any atom is 0.272 e. The van der Waals surface area contributed by atoms with Crippen LogP contribution in [-0.4, -0.2) is 68.4 Å². The van der Waals surface area contributed by atoms with E-state index in [4.69, 9.17) is 10.5 Å². The summed E-state index contributed by atoms with van der Waals surface area (Å²) in [6.45, 7) is 0.848. The van der Waals surface area contributed by atoms with Crippen molar-refractivity contribution in [3.8, 4) is 16.9 Å². The summed E-state index contributed by atoms with van der Waals surface area (Å²) in [5.41, 5.74) is 8.77. The number of carbonyl (C=O) groups is 3. The molecule has 2 aromatic rings. The summed E-state index contributed by atoms with van der Waals surface area (Å²) in [5.74, 6) is -2.39. The highest BCUT2D eigenvalue weighted by Gasteiger charge is 2.33. The van der Waals surface area contributed by atoms with Gasteiger partial charge in [0.1, 0.15) is 18.3 Å². The normalized spacial score (nSPS) is 12.1. The third-order valence-corrected chi connectivity index (χ3v) is 7.10. The molecule has 0 aromatic heterocycles. The van der Waals surface area contributed by atoms with Crippen LogP contribution in [0.2, 0.25) is 0 Å². The number of sulfonamides is 1. The summed E-state index contributed by atoms with van der Waals surface area (Å²) < 4.78 is 45.7. The molecule has 35 heavy (non-hydrogen) atoms. The van der Waals surface area contributed by atoms with Gasteiger partial charge in [-0.3, -0.25) is 19.8 Å². The van der Waals surface area contributed by atoms with Crippen LogP contribution in [-0.2, 0) is 24.4 Å². The van der Waals surface area contributed by atoms with Crippen molar-refractivity contribution >= 4 is 27.7 Å². The van der Waals surface area contributed by atoms with Gasteiger partial charge in [-0.15, -0.1) is 0 Å². The van der Waals surface area contributed by atoms with E-state index < -0.39 is 47.0 Å². The number of ether oxygens (including phenoxy) is 1. The number of nitrogens with zero attached hydrogens (tertiary/aromatic N) is 2. The summed E-state index contributed by atoms with van der Waals surface area (Å²) >= 11 is 0. The van der Waals surface area contributed by atoms with E-state index in [-0.39, 0.29) is 11.4 Å². The fraction of sp³-hybridized carbons (Fsp3) is 0.348. The van der Waals surface area contributed by atoms with Gasteiger partial charge in [-0.25, -0.2) is 17.8 Å². The van der Waals surface area contributed by atoms with Gasteiger partial charge in [0.25, 0.3) is 11.8 Å². The second-order valence-corrected chi connectivity index (χ2v) is 9.49. The zero-order valence-corrected chi connectivity index (χ0v) is 20.5. The Balaban J connectivity index is 2.28. The van der Waals surface area contributed by atoms with E-state index in [1.165, 1.54) is 19.1 Å². The average molecular weight is 509 g/mol. The predicted octanol–water partition coefficient (Wildman–Crippen LogP) is 1.47. The molecule has 0 saturated heterocycles. The predicted molar refractivity (Wildman–Crippen MR) is 127 cm³/mol. The Morgan fingerprint density at radius 2 is 1.60 bits per heavy atom. The molecular weight excluding hydrogens is 479 g/mol. The van der Waals surface area contributed by atoms with Crippen molar-refractivity contribution in [1.82, 2.24) is 14.7 Å². The lowest BCUT2D eigenvalue weighted by Crippen LogP contribution is -2.56. The average Bonchev–Trinajstić information content (AvgIpc) is 2.85. The smallest absolute Gasteiger partial charge is 0.272 e. The quantitative estimate of drug-likeness (QED) is 0.441. The third kappa shape index (κ3) is 6.99. The molecular formula is C23H29FN4O6S. The number of nitrogens with one attached hydrogen (secondary N) is 1. The number of benzene rings is 2. The molecule has 1 atom stereocenters. The Labute approximate surface area is 203 Å². The molecule has 0 heterocycles. The number of rotatable bonds is 11. The second-order valence-electron chi connectivity index (χ2n) is 7.60. The van der Waals surface area contributed by atoms with E-state index in [0.29, 0.717) is 17.2 Å². The SMILES string of the molecule is CCCN([C@@H](C)C(=O)NN(CC(N)=O)C(=O)CF)S(=O)(=O)c1ccc(-c2ccc(OC)cc2)cc1. The standard InChI is InChI=1S/C23H29FN4O6S/c1-4-13-28(16(2)23(31)26-27(15-21(25)29)22(30)14-24)35(32,33)20-11-7-18(8-12-20)17-5-9-19(34-3)10-6-17/h5-12,16H,4,13-15H2,1-3H3,(H2,25,29)(H,26,31)/t16-/m0/s1. The summed E-state index contributed by atoms with van der Waals surface area (Å²) in [7, 11) is -2.56. The molecule has 0 radical (unpaired) electrons. The van der Waals surface area contributed by atoms with Gasteiger partial charge in [-0.2, -0.15) is 4.31 Å². The fourth-order valence-corrected chi connectivity index (χ4v) is 4.94. The molecule has 0 bridgehead atoms. The molecule has 3 amide bonds. The van der Waals surface area contributed by atoms with Crippen LogP contribution >= 0.6 is 0 Å². The number of halogens is 1. The van der Waals surface area contributed by atoms with Crippen molar-refractivity contribution in [2.24, 2.45) is 5.73 Å². The molecule has 3 N–H and O–H groups in total. The number of hydrogen-bond acceptors (Lipinski definition) is 6. The van der Waals surface area contributed by atoms with Gasteiger partial charge in [0.05, 0.1) is 12.0 Å². The van der Waals surface area contributed by atoms with Gasteiger partial charge in [0, 0.05) is 6.54 Å². The number of hydrazine groups is 1. The molecule has 0 aliphatic heterocycles. The summed E-state index contributed by atoms with van der Waals surface area (Å²) in [5, 5.41) is 0.432. The Morgan fingerprint density at radius 3 is 2.06 bits per heavy atom. The van der Waals surface area contributed by atoms with Crippen molar-refractivity contribution in [3.05, 3.63) is 48.5 Å². The molecule has 2 aromatic carbocycles. The molecule has 0 fully saturated rings. The number of carbonyl (C=O) groups excluding carboxylic acids is 3. The van der Waals surface area contributed by atoms with Gasteiger partial charge in [0.15, 0.2) is 6.67 Å². The number of alkyl halides is 1. The maximum atomic E-state index is 13.4. The molecule has 0 aliphatic carbocycles. The lowest BCUT2D eigenvalue weighted by atomic mass is 10.1. The van der Waals surface area contributed by atoms with Crippen LogP contribution in [0.5, 0.6) is 5.75 Å². The fourth-order valence-electron chi connectivity index (χ4n) is 3.26. The number of methoxy groups -OCH3 is 1. The zero-order chi connectivity index (χ0) is 26.2. The molecule has 12 heteroatoms. The van der Waals surface area contributed by atoms with Crippen molar-refractivity contribution in [2.75, 3.05) is 26.9 Å². The summed E-state index contributed by atoms with van der Waals surface area (Å²) in [6.07, 6.45) is 0.398. The Morgan fingerprint density at radius 1 is 1.06 bits per heavy atom. The number of primary amides is 1. The van der Waals surface area contributed by atoms with Crippen LogP contribution in [0.4, 0.5) is 4.39 Å². The second kappa shape index (κ2) is 12.3. The first-order chi connectivity index (χ1) is 16.5. The first-order valence-electron chi connectivity index (χ1n) is 10.8. The molecule has 0 saturated carbocycles. The van der Waals surface area contributed by atoms with E-state index in [9.17, 15) is 27.2 Å². The van der Waals surface area contributed by atoms with E-state index in [2.05, 4.69) is 5.43 Å². The van der Waals surface area contributed by atoms with E-state index in [1.807, 2.05) is 12.1 Å². The van der Waals surface area contributed by atoms with Gasteiger partial charge < -0.3 is 10.5 Å². The van der Waals surface area contributed by atoms with Crippen LogP contribution in [0.15, 0.2) is 53.4 Å². The van der Waals surface area contributed by atoms with Crippen molar-refractivity contribution < 1.29 is 31.9 Å². The lowest BCUT2D eigenvalue weighted by molar-refractivity contribution is -0.145. The topological polar surface area (TPSA) is 139 Å². The maximum absolute atomic E-state index is 13.4. The monoisotopic (exact) mass is 508 g/mol. The largest absolute Gasteiger partial charge is 0.497 e. The molecule has 190 valence electrons.